The van der Waals surface area contributed by atoms with Crippen LogP contribution in [-0.2, 0) is 32.4 Å². The van der Waals surface area contributed by atoms with E-state index in [-0.39, 0.29) is 70.6 Å². The Kier molecular flexibility index (Phi) is 40.5. The molecule has 1 aromatic heterocycles. The molecule has 4 fully saturated rings. The topological polar surface area (TPSA) is 155 Å². The zero-order valence-electron chi connectivity index (χ0n) is 73.0. The zero-order valence-corrected chi connectivity index (χ0v) is 76.1. The minimum Gasteiger partial charge on any atom is -0.317 e. The maximum Gasteiger partial charge on any atom is 0.446 e. The first-order valence-corrected chi connectivity index (χ1v) is 46.0. The van der Waals surface area contributed by atoms with Crippen molar-refractivity contribution in [2.24, 2.45) is 0 Å². The molecule has 27 heteroatoms. The van der Waals surface area contributed by atoms with E-state index in [1.807, 2.05) is 124 Å². The number of carbonyl (C=O) groups is 4. The summed E-state index contributed by atoms with van der Waals surface area (Å²) in [5, 5.41) is 13.2. The van der Waals surface area contributed by atoms with Gasteiger partial charge in [-0.15, -0.1) is 0 Å². The Bertz CT molecular complexity index is 4450. The van der Waals surface area contributed by atoms with E-state index in [0.717, 1.165) is 163 Å². The molecule has 124 heavy (non-hydrogen) atoms. The summed E-state index contributed by atoms with van der Waals surface area (Å²) in [5.74, 6) is 0. The Hall–Kier alpha value is -8.59. The van der Waals surface area contributed by atoms with Gasteiger partial charge in [-0.25, -0.2) is 19.2 Å². The second-order valence-electron chi connectivity index (χ2n) is 33.0. The van der Waals surface area contributed by atoms with Crippen LogP contribution in [0, 0.1) is 0 Å². The Morgan fingerprint density at radius 2 is 0.702 bits per heavy atom. The lowest BCUT2D eigenvalue weighted by molar-refractivity contribution is -0.137. The van der Waals surface area contributed by atoms with Crippen molar-refractivity contribution in [1.82, 2.24) is 44.2 Å². The van der Waals surface area contributed by atoms with Gasteiger partial charge in [-0.1, -0.05) is 191 Å². The lowest BCUT2D eigenvalue weighted by atomic mass is 10.00. The highest BCUT2D eigenvalue weighted by Gasteiger charge is 2.37. The highest BCUT2D eigenvalue weighted by Crippen LogP contribution is 2.38. The molecule has 8 aromatic rings. The number of anilines is 4. The summed E-state index contributed by atoms with van der Waals surface area (Å²) < 4.78 is 76.9. The first kappa shape index (κ1) is 99.2. The fraction of sp³-hybridized carbons (Fsp3) is 0.474. The van der Waals surface area contributed by atoms with Crippen molar-refractivity contribution in [3.63, 3.8) is 0 Å². The van der Waals surface area contributed by atoms with Crippen LogP contribution < -0.4 is 21.3 Å². The molecular formula is C97H126Cl3F6N13O4S. The number of likely N-dealkylation sites (tertiary alicyclic amines) is 4. The number of hydrogen-bond acceptors (Lipinski definition) is 10. The average molecular weight is 1790 g/mol. The smallest absolute Gasteiger partial charge is 0.317 e. The first-order chi connectivity index (χ1) is 59.6. The summed E-state index contributed by atoms with van der Waals surface area (Å²) in [6.45, 7) is 27.9. The van der Waals surface area contributed by atoms with Gasteiger partial charge < -0.3 is 60.5 Å². The fourth-order valence-corrected chi connectivity index (χ4v) is 17.8. The molecule has 4 atom stereocenters. The standard InChI is InChI=1S/C25H32F3N3OS.C25H32F3N3O.C24H32ClN3O.C23H30Cl2N4O/c1-3-7-19(2)30-16-14-22(15-17-30)31(18-20-8-5-4-6-9-20)24(32)29-21-10-12-23(13-11-21)33-25(26,27)28;1-3-8-19(2)30-15-13-23(14-16-30)31(18-20-9-5-4-6-10-20)24(32)29-22-12-7-11-21(17-22)25(26,27)28;1-3-7-19(2)27-16-14-23(15-17-27)28(18-20-8-5-4-6-9-20)24(29)26-22-12-10-21(25)11-13-22;1-3-5-17(2)28-12-9-20(10-13-28)29(16-18-6-4-11-26-15-18)23(30)27-19-7-8-21(24)22(25)14-19/h4-6,8-13,19,22H,3,7,14-18H2,1-2H3,(H,29,32);4-7,9-12,17,19,23H,3,8,13-16,18H2,1-2H3,(H,29,32);4-6,8-13,19,23H,3,7,14-18H2,1-2H3,(H,26,29);4,6-8,11,14-15,17,20H,3,5,9-10,12-13,16H2,1-2H3,(H,27,30). The molecule has 4 aliphatic rings. The van der Waals surface area contributed by atoms with Gasteiger partial charge in [0.1, 0.15) is 0 Å². The Morgan fingerprint density at radius 3 is 1.02 bits per heavy atom. The molecule has 0 spiro atoms. The summed E-state index contributed by atoms with van der Waals surface area (Å²) in [5.41, 5.74) is 1.15. The minimum atomic E-state index is -4.45. The maximum absolute atomic E-state index is 13.3. The number of hydrogen-bond donors (Lipinski definition) is 4. The van der Waals surface area contributed by atoms with Crippen LogP contribution in [-0.4, -0.2) is 175 Å². The molecule has 7 aromatic carbocycles. The number of thioether (sulfide) groups is 1. The largest absolute Gasteiger partial charge is 0.446 e. The Morgan fingerprint density at radius 1 is 0.387 bits per heavy atom. The fourth-order valence-electron chi connectivity index (χ4n) is 16.9. The number of nitrogens with zero attached hydrogens (tertiary/aromatic N) is 9. The quantitative estimate of drug-likeness (QED) is 0.0263. The van der Waals surface area contributed by atoms with Gasteiger partial charge in [0.2, 0.25) is 0 Å². The molecule has 672 valence electrons. The second-order valence-corrected chi connectivity index (χ2v) is 35.3. The molecule has 12 rings (SSSR count). The maximum atomic E-state index is 13.3. The van der Waals surface area contributed by atoms with Crippen molar-refractivity contribution in [3.8, 4) is 0 Å². The number of halogens is 9. The molecule has 0 radical (unpaired) electrons. The molecule has 4 N–H and O–H groups in total. The summed E-state index contributed by atoms with van der Waals surface area (Å²) >= 11 is 17.9. The number of piperidine rings is 4. The molecule has 0 saturated carbocycles. The van der Waals surface area contributed by atoms with Gasteiger partial charge >= 0.3 is 35.8 Å². The van der Waals surface area contributed by atoms with Gasteiger partial charge in [0.15, 0.2) is 0 Å². The second kappa shape index (κ2) is 50.7. The molecule has 0 aliphatic carbocycles. The molecule has 17 nitrogen and oxygen atoms in total. The highest BCUT2D eigenvalue weighted by atomic mass is 35.5. The number of rotatable bonds is 29. The van der Waals surface area contributed by atoms with Gasteiger partial charge in [0, 0.05) is 172 Å². The summed E-state index contributed by atoms with van der Waals surface area (Å²) in [6.07, 6.45) is 16.0. The third-order valence-electron chi connectivity index (χ3n) is 23.8. The highest BCUT2D eigenvalue weighted by molar-refractivity contribution is 8.00. The molecule has 4 aliphatic heterocycles. The molecular weight excluding hydrogens is 1660 g/mol. The number of benzene rings is 7. The number of aromatic nitrogens is 1. The van der Waals surface area contributed by atoms with Crippen molar-refractivity contribution in [2.75, 3.05) is 73.6 Å². The van der Waals surface area contributed by atoms with Gasteiger partial charge in [-0.3, -0.25) is 4.98 Å². The zero-order chi connectivity index (χ0) is 89.1. The SMILES string of the molecule is CCCC(C)N1CCC(N(Cc2ccccc2)C(=O)Nc2ccc(Cl)cc2)CC1.CCCC(C)N1CCC(N(Cc2ccccc2)C(=O)Nc2ccc(SC(F)(F)F)cc2)CC1.CCCC(C)N1CCC(N(Cc2ccccc2)C(=O)Nc2cccc(C(F)(F)F)c2)CC1.CCCC(C)N1CCC(N(Cc2cccnc2)C(=O)Nc2ccc(Cl)c(Cl)c2)CC1. The average Bonchev–Trinajstić information content (AvgIpc) is 0.840. The van der Waals surface area contributed by atoms with E-state index in [1.165, 1.54) is 68.5 Å². The number of amides is 8. The van der Waals surface area contributed by atoms with Crippen LogP contribution in [0.5, 0.6) is 0 Å². The van der Waals surface area contributed by atoms with Gasteiger partial charge in [0.25, 0.3) is 0 Å². The van der Waals surface area contributed by atoms with Crippen LogP contribution in [0.15, 0.2) is 211 Å². The normalized spacial score (nSPS) is 16.4. The van der Waals surface area contributed by atoms with E-state index in [4.69, 9.17) is 34.8 Å². The van der Waals surface area contributed by atoms with E-state index >= 15 is 0 Å². The Labute approximate surface area is 750 Å². The van der Waals surface area contributed by atoms with Crippen LogP contribution in [0.4, 0.5) is 68.3 Å². The predicted molar refractivity (Wildman–Crippen MR) is 495 cm³/mol. The van der Waals surface area contributed by atoms with Crippen LogP contribution in [0.25, 0.3) is 0 Å². The number of nitrogens with one attached hydrogen (secondary N) is 4. The molecule has 4 unspecified atom stereocenters. The van der Waals surface area contributed by atoms with E-state index in [0.29, 0.717) is 76.8 Å². The van der Waals surface area contributed by atoms with Crippen molar-refractivity contribution in [3.05, 3.63) is 249 Å². The lowest BCUT2D eigenvalue weighted by Crippen LogP contribution is -2.50. The van der Waals surface area contributed by atoms with E-state index < -0.39 is 17.2 Å². The van der Waals surface area contributed by atoms with Crippen LogP contribution >= 0.6 is 46.6 Å². The summed E-state index contributed by atoms with van der Waals surface area (Å²) in [7, 11) is 0. The van der Waals surface area contributed by atoms with E-state index in [2.05, 4.69) is 113 Å². The van der Waals surface area contributed by atoms with Gasteiger partial charge in [0.05, 0.1) is 15.6 Å². The number of alkyl halides is 6. The van der Waals surface area contributed by atoms with Crippen molar-refractivity contribution in [1.29, 1.82) is 0 Å². The minimum absolute atomic E-state index is 0.0334. The predicted octanol–water partition coefficient (Wildman–Crippen LogP) is 25.5. The van der Waals surface area contributed by atoms with E-state index in [1.54, 1.807) is 41.4 Å². The van der Waals surface area contributed by atoms with Crippen molar-refractivity contribution in [2.45, 2.75) is 249 Å². The van der Waals surface area contributed by atoms with Crippen LogP contribution in [0.1, 0.15) is 186 Å². The van der Waals surface area contributed by atoms with Crippen LogP contribution in [0.3, 0.4) is 0 Å². The summed E-state index contributed by atoms with van der Waals surface area (Å²) in [4.78, 5) is 74.8. The third-order valence-corrected chi connectivity index (χ3v) is 25.6. The third kappa shape index (κ3) is 32.7. The Balaban J connectivity index is 0.000000188. The number of urea groups is 4. The molecule has 0 bridgehead atoms. The van der Waals surface area contributed by atoms with Gasteiger partial charge in [-0.2, -0.15) is 26.3 Å². The van der Waals surface area contributed by atoms with Gasteiger partial charge in [-0.05, 0) is 230 Å². The van der Waals surface area contributed by atoms with Crippen LogP contribution in [0.2, 0.25) is 15.1 Å². The van der Waals surface area contributed by atoms with E-state index in [9.17, 15) is 45.5 Å². The number of carbonyl (C=O) groups excluding carboxylic acids is 4. The molecule has 5 heterocycles. The first-order valence-electron chi connectivity index (χ1n) is 44.1. The van der Waals surface area contributed by atoms with Crippen molar-refractivity contribution < 1.29 is 45.5 Å². The molecule has 4 saturated heterocycles. The summed E-state index contributed by atoms with van der Waals surface area (Å²) in [6, 6.07) is 58.7. The lowest BCUT2D eigenvalue weighted by Gasteiger charge is -2.40. The molecule has 8 amide bonds. The monoisotopic (exact) mass is 1790 g/mol. The van der Waals surface area contributed by atoms with Crippen molar-refractivity contribution >= 4 is 93.4 Å². The number of pyridine rings is 1.